The topological polar surface area (TPSA) is 49.6 Å². The Morgan fingerprint density at radius 2 is 1.72 bits per heavy atom. The van der Waals surface area contributed by atoms with Gasteiger partial charge in [0.05, 0.1) is 0 Å². The number of amides is 1. The highest BCUT2D eigenvalue weighted by Crippen LogP contribution is 2.25. The van der Waals surface area contributed by atoms with E-state index in [1.807, 2.05) is 0 Å². The van der Waals surface area contributed by atoms with E-state index in [9.17, 15) is 4.79 Å². The molecule has 2 N–H and O–H groups in total. The van der Waals surface area contributed by atoms with Crippen molar-refractivity contribution < 1.29 is 4.79 Å². The van der Waals surface area contributed by atoms with Crippen LogP contribution in [0.2, 0.25) is 0 Å². The van der Waals surface area contributed by atoms with Crippen LogP contribution < -0.4 is 5.73 Å². The predicted octanol–water partition coefficient (Wildman–Crippen LogP) is 2.73. The van der Waals surface area contributed by atoms with Crippen LogP contribution in [0.3, 0.4) is 0 Å². The van der Waals surface area contributed by atoms with Crippen molar-refractivity contribution in [2.24, 2.45) is 11.7 Å². The van der Waals surface area contributed by atoms with Crippen molar-refractivity contribution in [3.05, 3.63) is 35.9 Å². The lowest BCUT2D eigenvalue weighted by atomic mass is 9.85. The van der Waals surface area contributed by atoms with Crippen LogP contribution in [0.15, 0.2) is 30.3 Å². The minimum absolute atomic E-state index is 0. The Morgan fingerprint density at radius 1 is 1.04 bits per heavy atom. The van der Waals surface area contributed by atoms with Gasteiger partial charge in [-0.3, -0.25) is 9.69 Å². The molecule has 1 saturated carbocycles. The van der Waals surface area contributed by atoms with Gasteiger partial charge >= 0.3 is 0 Å². The third kappa shape index (κ3) is 6.45. The number of hydrogen-bond donors (Lipinski definition) is 1. The Morgan fingerprint density at radius 3 is 2.36 bits per heavy atom. The molecule has 142 valence electrons. The van der Waals surface area contributed by atoms with Gasteiger partial charge in [0, 0.05) is 44.7 Å². The molecule has 1 heterocycles. The average Bonchev–Trinajstić information content (AvgIpc) is 2.61. The zero-order valence-corrected chi connectivity index (χ0v) is 16.4. The molecular formula is C19H31Cl2N3O. The zero-order valence-electron chi connectivity index (χ0n) is 14.8. The van der Waals surface area contributed by atoms with Gasteiger partial charge in [-0.2, -0.15) is 0 Å². The molecule has 2 unspecified atom stereocenters. The van der Waals surface area contributed by atoms with E-state index in [2.05, 4.69) is 40.1 Å². The standard InChI is InChI=1S/C19H29N3O.2ClH/c20-18-8-4-7-17(15-18)19(23)22-13-11-21(12-14-22)10-9-16-5-2-1-3-6-16;;/h1-3,5-6,17-18H,4,7-15,20H2;2*1H. The molecule has 3 rings (SSSR count). The van der Waals surface area contributed by atoms with Gasteiger partial charge in [-0.15, -0.1) is 24.8 Å². The van der Waals surface area contributed by atoms with E-state index in [1.54, 1.807) is 0 Å². The Labute approximate surface area is 163 Å². The summed E-state index contributed by atoms with van der Waals surface area (Å²) < 4.78 is 0. The second kappa shape index (κ2) is 11.0. The zero-order chi connectivity index (χ0) is 16.1. The fourth-order valence-corrected chi connectivity index (χ4v) is 3.83. The van der Waals surface area contributed by atoms with Gasteiger partial charge in [-0.05, 0) is 31.2 Å². The maximum absolute atomic E-state index is 12.6. The van der Waals surface area contributed by atoms with Crippen LogP contribution in [0.25, 0.3) is 0 Å². The van der Waals surface area contributed by atoms with Crippen LogP contribution in [0, 0.1) is 5.92 Å². The number of carbonyl (C=O) groups excluding carboxylic acids is 1. The maximum Gasteiger partial charge on any atom is 0.225 e. The van der Waals surface area contributed by atoms with Crippen molar-refractivity contribution in [3.63, 3.8) is 0 Å². The first kappa shape index (κ1) is 22.2. The van der Waals surface area contributed by atoms with Gasteiger partial charge in [0.2, 0.25) is 5.91 Å². The van der Waals surface area contributed by atoms with Crippen LogP contribution in [-0.2, 0) is 11.2 Å². The van der Waals surface area contributed by atoms with Gasteiger partial charge in [0.1, 0.15) is 0 Å². The number of benzene rings is 1. The van der Waals surface area contributed by atoms with Gasteiger partial charge in [-0.25, -0.2) is 0 Å². The fraction of sp³-hybridized carbons (Fsp3) is 0.632. The lowest BCUT2D eigenvalue weighted by molar-refractivity contribution is -0.138. The Kier molecular flexibility index (Phi) is 9.80. The molecule has 6 heteroatoms. The highest BCUT2D eigenvalue weighted by Gasteiger charge is 2.30. The SMILES string of the molecule is Cl.Cl.NC1CCCC(C(=O)N2CCN(CCc3ccccc3)CC2)C1. The second-order valence-electron chi connectivity index (χ2n) is 7.03. The quantitative estimate of drug-likeness (QED) is 0.863. The van der Waals surface area contributed by atoms with E-state index in [1.165, 1.54) is 5.56 Å². The molecule has 0 bridgehead atoms. The van der Waals surface area contributed by atoms with Gasteiger partial charge < -0.3 is 10.6 Å². The number of nitrogens with two attached hydrogens (primary N) is 1. The molecule has 4 nitrogen and oxygen atoms in total. The van der Waals surface area contributed by atoms with Gasteiger partial charge in [0.25, 0.3) is 0 Å². The normalized spacial score (nSPS) is 24.1. The summed E-state index contributed by atoms with van der Waals surface area (Å²) in [4.78, 5) is 17.2. The summed E-state index contributed by atoms with van der Waals surface area (Å²) in [5.74, 6) is 0.525. The molecule has 1 aromatic carbocycles. The lowest BCUT2D eigenvalue weighted by Crippen LogP contribution is -2.51. The molecule has 1 amide bonds. The monoisotopic (exact) mass is 387 g/mol. The summed E-state index contributed by atoms with van der Waals surface area (Å²) in [7, 11) is 0. The van der Waals surface area contributed by atoms with E-state index in [0.29, 0.717) is 5.91 Å². The summed E-state index contributed by atoms with van der Waals surface area (Å²) in [5, 5.41) is 0. The van der Waals surface area contributed by atoms with Crippen LogP contribution >= 0.6 is 24.8 Å². The molecule has 1 aliphatic heterocycles. The summed E-state index contributed by atoms with van der Waals surface area (Å²) in [6.07, 6.45) is 5.19. The molecule has 1 saturated heterocycles. The molecule has 25 heavy (non-hydrogen) atoms. The third-order valence-electron chi connectivity index (χ3n) is 5.31. The Balaban J connectivity index is 0.00000156. The van der Waals surface area contributed by atoms with E-state index in [4.69, 9.17) is 5.73 Å². The molecule has 2 fully saturated rings. The van der Waals surface area contributed by atoms with Crippen LogP contribution in [0.1, 0.15) is 31.2 Å². The largest absolute Gasteiger partial charge is 0.340 e. The predicted molar refractivity (Wildman–Crippen MR) is 108 cm³/mol. The van der Waals surface area contributed by atoms with E-state index in [-0.39, 0.29) is 36.8 Å². The third-order valence-corrected chi connectivity index (χ3v) is 5.31. The lowest BCUT2D eigenvalue weighted by Gasteiger charge is -2.37. The molecule has 2 aliphatic rings. The van der Waals surface area contributed by atoms with E-state index in [0.717, 1.165) is 64.8 Å². The van der Waals surface area contributed by atoms with Crippen molar-refractivity contribution in [1.82, 2.24) is 9.80 Å². The molecule has 0 spiro atoms. The van der Waals surface area contributed by atoms with Crippen LogP contribution in [-0.4, -0.2) is 54.5 Å². The highest BCUT2D eigenvalue weighted by molar-refractivity contribution is 5.85. The minimum Gasteiger partial charge on any atom is -0.340 e. The van der Waals surface area contributed by atoms with Crippen molar-refractivity contribution >= 4 is 30.7 Å². The van der Waals surface area contributed by atoms with Crippen molar-refractivity contribution in [2.75, 3.05) is 32.7 Å². The molecular weight excluding hydrogens is 357 g/mol. The molecule has 2 atom stereocenters. The smallest absolute Gasteiger partial charge is 0.225 e. The molecule has 1 aromatic rings. The number of piperazine rings is 1. The summed E-state index contributed by atoms with van der Waals surface area (Å²) in [5.41, 5.74) is 7.42. The van der Waals surface area contributed by atoms with Gasteiger partial charge in [0.15, 0.2) is 0 Å². The first-order valence-electron chi connectivity index (χ1n) is 9.03. The second-order valence-corrected chi connectivity index (χ2v) is 7.03. The molecule has 1 aliphatic carbocycles. The Bertz CT molecular complexity index is 507. The number of hydrogen-bond acceptors (Lipinski definition) is 3. The number of carbonyl (C=O) groups is 1. The number of halogens is 2. The average molecular weight is 388 g/mol. The molecule has 0 aromatic heterocycles. The maximum atomic E-state index is 12.6. The summed E-state index contributed by atoms with van der Waals surface area (Å²) in [6, 6.07) is 10.9. The Hall–Kier alpha value is -0.810. The van der Waals surface area contributed by atoms with Crippen LogP contribution in [0.5, 0.6) is 0 Å². The van der Waals surface area contributed by atoms with Crippen molar-refractivity contribution in [1.29, 1.82) is 0 Å². The minimum atomic E-state index is 0. The van der Waals surface area contributed by atoms with E-state index >= 15 is 0 Å². The van der Waals surface area contributed by atoms with Crippen molar-refractivity contribution in [2.45, 2.75) is 38.1 Å². The molecule has 0 radical (unpaired) electrons. The van der Waals surface area contributed by atoms with Crippen molar-refractivity contribution in [3.8, 4) is 0 Å². The van der Waals surface area contributed by atoms with Crippen LogP contribution in [0.4, 0.5) is 0 Å². The summed E-state index contributed by atoms with van der Waals surface area (Å²) >= 11 is 0. The first-order valence-corrected chi connectivity index (χ1v) is 9.03. The van der Waals surface area contributed by atoms with E-state index < -0.39 is 0 Å². The summed E-state index contributed by atoms with van der Waals surface area (Å²) in [6.45, 7) is 4.83. The highest BCUT2D eigenvalue weighted by atomic mass is 35.5. The first-order chi connectivity index (χ1) is 11.2. The van der Waals surface area contributed by atoms with Gasteiger partial charge in [-0.1, -0.05) is 36.8 Å². The number of rotatable bonds is 4. The number of nitrogens with zero attached hydrogens (tertiary/aromatic N) is 2. The fourth-order valence-electron chi connectivity index (χ4n) is 3.83.